The number of ether oxygens (including phenoxy) is 1. The van der Waals surface area contributed by atoms with E-state index >= 15 is 0 Å². The Morgan fingerprint density at radius 3 is 2.63 bits per heavy atom. The largest absolute Gasteiger partial charge is 0.459 e. The van der Waals surface area contributed by atoms with Crippen molar-refractivity contribution in [3.05, 3.63) is 66.1 Å². The van der Waals surface area contributed by atoms with Crippen LogP contribution in [0.3, 0.4) is 0 Å². The molecular weight excluding hydrogens is 382 g/mol. The molecule has 8 nitrogen and oxygen atoms in total. The zero-order valence-electron chi connectivity index (χ0n) is 17.0. The molecule has 2 N–H and O–H groups in total. The van der Waals surface area contributed by atoms with E-state index in [0.29, 0.717) is 5.56 Å². The number of hydrogen-bond acceptors (Lipinski definition) is 6. The number of carbonyl (C=O) groups excluding carboxylic acids is 1. The first-order valence-corrected chi connectivity index (χ1v) is 9.61. The van der Waals surface area contributed by atoms with Gasteiger partial charge in [-0.25, -0.2) is 0 Å². The minimum Gasteiger partial charge on any atom is -0.459 e. The van der Waals surface area contributed by atoms with Gasteiger partial charge in [-0.3, -0.25) is 19.6 Å². The van der Waals surface area contributed by atoms with Crippen LogP contribution in [-0.2, 0) is 16.1 Å². The van der Waals surface area contributed by atoms with Crippen LogP contribution in [0.25, 0.3) is 22.3 Å². The Kier molecular flexibility index (Phi) is 5.09. The number of pyridine rings is 1. The number of hydrogen-bond donors (Lipinski definition) is 2. The molecule has 30 heavy (non-hydrogen) atoms. The molecule has 3 heterocycles. The topological polar surface area (TPSA) is 106 Å². The molecule has 154 valence electrons. The third-order valence-electron chi connectivity index (χ3n) is 4.56. The summed E-state index contributed by atoms with van der Waals surface area (Å²) in [5.74, 6) is -0.347. The van der Waals surface area contributed by atoms with Crippen molar-refractivity contribution in [1.29, 1.82) is 0 Å². The van der Waals surface area contributed by atoms with Crippen molar-refractivity contribution in [2.75, 3.05) is 0 Å². The molecule has 0 spiro atoms. The number of nitrogens with one attached hydrogen (secondary N) is 1. The van der Waals surface area contributed by atoms with Crippen LogP contribution in [0.1, 0.15) is 38.0 Å². The van der Waals surface area contributed by atoms with Gasteiger partial charge in [0.15, 0.2) is 0 Å². The van der Waals surface area contributed by atoms with Crippen molar-refractivity contribution in [2.45, 2.75) is 39.0 Å². The first kappa shape index (κ1) is 19.8. The number of aliphatic hydroxyl groups is 1. The lowest BCUT2D eigenvalue weighted by Crippen LogP contribution is -2.26. The second kappa shape index (κ2) is 7.72. The summed E-state index contributed by atoms with van der Waals surface area (Å²) in [6.45, 7) is 5.52. The molecule has 0 saturated carbocycles. The Labute approximate surface area is 173 Å². The number of nitrogens with zero attached hydrogens (tertiary/aromatic N) is 4. The molecule has 4 aromatic rings. The first-order chi connectivity index (χ1) is 14.3. The lowest BCUT2D eigenvalue weighted by molar-refractivity contribution is -0.155. The van der Waals surface area contributed by atoms with E-state index in [1.54, 1.807) is 23.3 Å². The number of aromatic nitrogens is 5. The second-order valence-corrected chi connectivity index (χ2v) is 8.06. The molecule has 0 saturated heterocycles. The highest BCUT2D eigenvalue weighted by molar-refractivity contribution is 5.81. The van der Waals surface area contributed by atoms with Crippen molar-refractivity contribution in [3.63, 3.8) is 0 Å². The molecule has 1 unspecified atom stereocenters. The summed E-state index contributed by atoms with van der Waals surface area (Å²) < 4.78 is 6.96. The minimum absolute atomic E-state index is 0.0294. The fourth-order valence-electron chi connectivity index (χ4n) is 3.22. The van der Waals surface area contributed by atoms with Crippen LogP contribution < -0.4 is 0 Å². The fraction of sp³-hybridized carbons (Fsp3) is 0.273. The number of H-pyrrole nitrogens is 1. The smallest absolute Gasteiger partial charge is 0.328 e. The van der Waals surface area contributed by atoms with Gasteiger partial charge < -0.3 is 9.84 Å². The fourth-order valence-corrected chi connectivity index (χ4v) is 3.22. The normalized spacial score (nSPS) is 12.8. The number of esters is 1. The molecule has 0 fully saturated rings. The number of benzene rings is 1. The summed E-state index contributed by atoms with van der Waals surface area (Å²) in [4.78, 5) is 16.5. The maximum atomic E-state index is 12.1. The third kappa shape index (κ3) is 4.23. The highest BCUT2D eigenvalue weighted by Crippen LogP contribution is 2.26. The van der Waals surface area contributed by atoms with Gasteiger partial charge in [0.1, 0.15) is 18.2 Å². The SMILES string of the molecule is CC(C)(C)OC(=O)Cn1ncc2cc(C(O)c3ccc(-c4ccn[nH]4)nc3)ccc21. The summed E-state index contributed by atoms with van der Waals surface area (Å²) >= 11 is 0. The molecule has 3 aromatic heterocycles. The molecule has 0 aliphatic heterocycles. The molecule has 8 heteroatoms. The predicted molar refractivity (Wildman–Crippen MR) is 111 cm³/mol. The quantitative estimate of drug-likeness (QED) is 0.494. The van der Waals surface area contributed by atoms with Gasteiger partial charge in [-0.1, -0.05) is 12.1 Å². The van der Waals surface area contributed by atoms with Crippen LogP contribution >= 0.6 is 0 Å². The van der Waals surface area contributed by atoms with Gasteiger partial charge >= 0.3 is 5.97 Å². The number of aromatic amines is 1. The maximum Gasteiger partial charge on any atom is 0.328 e. The van der Waals surface area contributed by atoms with E-state index in [2.05, 4.69) is 20.3 Å². The molecule has 0 aliphatic carbocycles. The molecule has 1 aromatic carbocycles. The summed E-state index contributed by atoms with van der Waals surface area (Å²) in [5.41, 5.74) is 3.22. The molecule has 4 rings (SSSR count). The number of carbonyl (C=O) groups is 1. The van der Waals surface area contributed by atoms with Gasteiger partial charge in [-0.2, -0.15) is 10.2 Å². The van der Waals surface area contributed by atoms with Crippen LogP contribution in [0.15, 0.2) is 55.0 Å². The number of rotatable bonds is 5. The standard InChI is InChI=1S/C22H23N5O3/c1-22(2,3)30-20(28)13-27-19-7-5-14(10-16(19)12-25-27)21(29)15-4-6-17(23-11-15)18-8-9-24-26-18/h4-12,21,29H,13H2,1-3H3,(H,24,26). The van der Waals surface area contributed by atoms with Crippen LogP contribution in [0.2, 0.25) is 0 Å². The van der Waals surface area contributed by atoms with E-state index in [1.807, 2.05) is 57.2 Å². The van der Waals surface area contributed by atoms with Crippen LogP contribution in [-0.4, -0.2) is 41.6 Å². The molecule has 0 amide bonds. The third-order valence-corrected chi connectivity index (χ3v) is 4.56. The summed E-state index contributed by atoms with van der Waals surface area (Å²) in [5, 5.41) is 22.7. The van der Waals surface area contributed by atoms with Crippen molar-refractivity contribution in [3.8, 4) is 11.4 Å². The average molecular weight is 405 g/mol. The van der Waals surface area contributed by atoms with E-state index in [1.165, 1.54) is 0 Å². The molecule has 0 bridgehead atoms. The van der Waals surface area contributed by atoms with Crippen LogP contribution in [0.5, 0.6) is 0 Å². The summed E-state index contributed by atoms with van der Waals surface area (Å²) in [6, 6.07) is 11.0. The van der Waals surface area contributed by atoms with Gasteiger partial charge in [-0.15, -0.1) is 0 Å². The Hall–Kier alpha value is -3.52. The van der Waals surface area contributed by atoms with Crippen molar-refractivity contribution in [1.82, 2.24) is 25.0 Å². The van der Waals surface area contributed by atoms with Gasteiger partial charge in [0.25, 0.3) is 0 Å². The van der Waals surface area contributed by atoms with Gasteiger partial charge in [0.2, 0.25) is 0 Å². The lowest BCUT2D eigenvalue weighted by Gasteiger charge is -2.19. The van der Waals surface area contributed by atoms with E-state index in [4.69, 9.17) is 4.74 Å². The summed E-state index contributed by atoms with van der Waals surface area (Å²) in [7, 11) is 0. The Balaban J connectivity index is 1.53. The zero-order chi connectivity index (χ0) is 21.3. The monoisotopic (exact) mass is 405 g/mol. The minimum atomic E-state index is -0.827. The van der Waals surface area contributed by atoms with Crippen LogP contribution in [0.4, 0.5) is 0 Å². The molecular formula is C22H23N5O3. The van der Waals surface area contributed by atoms with Crippen molar-refractivity contribution in [2.24, 2.45) is 0 Å². The average Bonchev–Trinajstić information content (AvgIpc) is 3.36. The van der Waals surface area contributed by atoms with Crippen LogP contribution in [0, 0.1) is 0 Å². The van der Waals surface area contributed by atoms with E-state index < -0.39 is 11.7 Å². The zero-order valence-corrected chi connectivity index (χ0v) is 17.0. The van der Waals surface area contributed by atoms with Gasteiger partial charge in [0, 0.05) is 23.3 Å². The highest BCUT2D eigenvalue weighted by atomic mass is 16.6. The number of aliphatic hydroxyl groups excluding tert-OH is 1. The Bertz CT molecular complexity index is 1160. The van der Waals surface area contributed by atoms with Crippen molar-refractivity contribution >= 4 is 16.9 Å². The van der Waals surface area contributed by atoms with Gasteiger partial charge in [-0.05, 0) is 50.6 Å². The van der Waals surface area contributed by atoms with Gasteiger partial charge in [0.05, 0.1) is 23.1 Å². The van der Waals surface area contributed by atoms with E-state index in [0.717, 1.165) is 27.9 Å². The maximum absolute atomic E-state index is 12.1. The Morgan fingerprint density at radius 2 is 1.97 bits per heavy atom. The first-order valence-electron chi connectivity index (χ1n) is 9.61. The molecule has 0 radical (unpaired) electrons. The predicted octanol–water partition coefficient (Wildman–Crippen LogP) is 3.24. The lowest BCUT2D eigenvalue weighted by atomic mass is 10.0. The molecule has 0 aliphatic rings. The second-order valence-electron chi connectivity index (χ2n) is 8.06. The number of fused-ring (bicyclic) bond motifs is 1. The van der Waals surface area contributed by atoms with E-state index in [9.17, 15) is 9.90 Å². The molecule has 1 atom stereocenters. The van der Waals surface area contributed by atoms with Crippen molar-refractivity contribution < 1.29 is 14.6 Å². The highest BCUT2D eigenvalue weighted by Gasteiger charge is 2.18. The summed E-state index contributed by atoms with van der Waals surface area (Å²) in [6.07, 6.45) is 4.16. The van der Waals surface area contributed by atoms with E-state index in [-0.39, 0.29) is 12.5 Å². The Morgan fingerprint density at radius 1 is 1.17 bits per heavy atom.